The van der Waals surface area contributed by atoms with Crippen LogP contribution < -0.4 is 5.43 Å². The third-order valence-corrected chi connectivity index (χ3v) is 4.02. The molecule has 0 unspecified atom stereocenters. The fourth-order valence-electron chi connectivity index (χ4n) is 2.69. The average molecular weight is 444 g/mol. The highest BCUT2D eigenvalue weighted by atomic mass is 16.6. The van der Waals surface area contributed by atoms with Gasteiger partial charge in [0.1, 0.15) is 0 Å². The van der Waals surface area contributed by atoms with Crippen molar-refractivity contribution in [2.24, 2.45) is 5.10 Å². The second-order valence-corrected chi connectivity index (χ2v) is 6.15. The van der Waals surface area contributed by atoms with Gasteiger partial charge >= 0.3 is 11.9 Å². The van der Waals surface area contributed by atoms with Crippen LogP contribution in [0, 0.1) is 20.2 Å². The maximum Gasteiger partial charge on any atom is 0.359 e. The van der Waals surface area contributed by atoms with Crippen LogP contribution in [-0.4, -0.2) is 40.7 Å². The molecule has 2 rings (SSSR count). The summed E-state index contributed by atoms with van der Waals surface area (Å²) in [4.78, 5) is 45.9. The minimum Gasteiger partial charge on any atom is -0.466 e. The van der Waals surface area contributed by atoms with Gasteiger partial charge in [0.15, 0.2) is 5.71 Å². The number of nitrogens with one attached hydrogen (secondary N) is 1. The Morgan fingerprint density at radius 2 is 1.59 bits per heavy atom. The Hall–Kier alpha value is -4.35. The molecule has 0 bridgehead atoms. The van der Waals surface area contributed by atoms with Crippen molar-refractivity contribution in [3.63, 3.8) is 0 Å². The number of hydrogen-bond donors (Lipinski definition) is 1. The number of ether oxygens (including phenoxy) is 2. The molecule has 0 saturated heterocycles. The normalized spacial score (nSPS) is 10.9. The quantitative estimate of drug-likeness (QED) is 0.251. The fraction of sp³-hybridized carbons (Fsp3) is 0.250. The number of nitro benzene ring substituents is 2. The summed E-state index contributed by atoms with van der Waals surface area (Å²) in [5.74, 6) is -1.76. The van der Waals surface area contributed by atoms with E-state index < -0.39 is 45.3 Å². The van der Waals surface area contributed by atoms with Crippen LogP contribution in [0.5, 0.6) is 0 Å². The third-order valence-electron chi connectivity index (χ3n) is 4.02. The van der Waals surface area contributed by atoms with E-state index in [9.17, 15) is 29.8 Å². The van der Waals surface area contributed by atoms with E-state index in [4.69, 9.17) is 9.47 Å². The highest BCUT2D eigenvalue weighted by Crippen LogP contribution is 2.30. The van der Waals surface area contributed by atoms with E-state index in [0.29, 0.717) is 11.8 Å². The molecule has 0 amide bonds. The van der Waals surface area contributed by atoms with Gasteiger partial charge in [-0.25, -0.2) is 4.79 Å². The summed E-state index contributed by atoms with van der Waals surface area (Å²) in [7, 11) is 0. The number of carbonyl (C=O) groups is 2. The second kappa shape index (κ2) is 11.2. The van der Waals surface area contributed by atoms with Gasteiger partial charge in [-0.1, -0.05) is 18.2 Å². The van der Waals surface area contributed by atoms with Gasteiger partial charge < -0.3 is 9.47 Å². The van der Waals surface area contributed by atoms with Gasteiger partial charge in [0.2, 0.25) is 0 Å². The summed E-state index contributed by atoms with van der Waals surface area (Å²) >= 11 is 0. The van der Waals surface area contributed by atoms with Gasteiger partial charge in [-0.3, -0.25) is 30.4 Å². The van der Waals surface area contributed by atoms with Crippen LogP contribution in [0.25, 0.3) is 0 Å². The fourth-order valence-corrected chi connectivity index (χ4v) is 2.69. The van der Waals surface area contributed by atoms with Crippen molar-refractivity contribution in [2.45, 2.75) is 20.3 Å². The lowest BCUT2D eigenvalue weighted by molar-refractivity contribution is -0.394. The van der Waals surface area contributed by atoms with Gasteiger partial charge in [0.05, 0.1) is 46.8 Å². The van der Waals surface area contributed by atoms with Crippen LogP contribution in [0.3, 0.4) is 0 Å². The molecule has 168 valence electrons. The molecule has 32 heavy (non-hydrogen) atoms. The van der Waals surface area contributed by atoms with Crippen LogP contribution in [-0.2, 0) is 25.5 Å². The van der Waals surface area contributed by atoms with E-state index in [2.05, 4.69) is 10.5 Å². The van der Waals surface area contributed by atoms with Crippen LogP contribution >= 0.6 is 0 Å². The summed E-state index contributed by atoms with van der Waals surface area (Å²) in [6.07, 6.45) is -0.530. The molecule has 12 nitrogen and oxygen atoms in total. The average Bonchev–Trinajstić information content (AvgIpc) is 2.74. The van der Waals surface area contributed by atoms with E-state index in [-0.39, 0.29) is 24.3 Å². The van der Waals surface area contributed by atoms with Gasteiger partial charge in [0.25, 0.3) is 11.4 Å². The lowest BCUT2D eigenvalue weighted by Gasteiger charge is -2.10. The zero-order valence-corrected chi connectivity index (χ0v) is 17.3. The van der Waals surface area contributed by atoms with Crippen molar-refractivity contribution < 1.29 is 28.9 Å². The Morgan fingerprint density at radius 1 is 0.969 bits per heavy atom. The zero-order valence-electron chi connectivity index (χ0n) is 17.3. The number of nitrogens with zero attached hydrogens (tertiary/aromatic N) is 3. The van der Waals surface area contributed by atoms with Crippen LogP contribution in [0.15, 0.2) is 47.6 Å². The maximum atomic E-state index is 12.6. The molecule has 0 atom stereocenters. The lowest BCUT2D eigenvalue weighted by Crippen LogP contribution is -2.22. The van der Waals surface area contributed by atoms with Crippen molar-refractivity contribution >= 4 is 34.7 Å². The van der Waals surface area contributed by atoms with E-state index in [0.717, 1.165) is 6.07 Å². The van der Waals surface area contributed by atoms with Gasteiger partial charge in [-0.05, 0) is 32.0 Å². The van der Waals surface area contributed by atoms with E-state index >= 15 is 0 Å². The molecule has 2 aromatic rings. The molecule has 12 heteroatoms. The number of hydrazone groups is 1. The van der Waals surface area contributed by atoms with Crippen molar-refractivity contribution in [1.82, 2.24) is 0 Å². The number of rotatable bonds is 10. The molecule has 0 fully saturated rings. The van der Waals surface area contributed by atoms with Crippen LogP contribution in [0.1, 0.15) is 25.0 Å². The highest BCUT2D eigenvalue weighted by Gasteiger charge is 2.31. The first kappa shape index (κ1) is 23.9. The molecule has 0 aliphatic carbocycles. The Balaban J connectivity index is 2.68. The smallest absolute Gasteiger partial charge is 0.359 e. The molecule has 1 N–H and O–H groups in total. The highest BCUT2D eigenvalue weighted by molar-refractivity contribution is 6.44. The Kier molecular flexibility index (Phi) is 8.34. The first-order chi connectivity index (χ1) is 15.3. The molecule has 2 aromatic carbocycles. The molecule has 0 heterocycles. The van der Waals surface area contributed by atoms with Crippen molar-refractivity contribution in [3.05, 3.63) is 73.8 Å². The number of benzene rings is 2. The van der Waals surface area contributed by atoms with Crippen LogP contribution in [0.2, 0.25) is 0 Å². The second-order valence-electron chi connectivity index (χ2n) is 6.15. The Labute approximate surface area is 182 Å². The monoisotopic (exact) mass is 444 g/mol. The minimum atomic E-state index is -0.991. The number of para-hydroxylation sites is 1. The molecule has 0 radical (unpaired) electrons. The van der Waals surface area contributed by atoms with Gasteiger partial charge in [-0.15, -0.1) is 0 Å². The third kappa shape index (κ3) is 6.08. The molecule has 0 saturated carbocycles. The number of carbonyl (C=O) groups excluding carboxylic acids is 2. The Morgan fingerprint density at radius 3 is 2.16 bits per heavy atom. The largest absolute Gasteiger partial charge is 0.466 e. The van der Waals surface area contributed by atoms with E-state index in [1.807, 2.05) is 0 Å². The molecule has 0 aliphatic rings. The number of esters is 2. The summed E-state index contributed by atoms with van der Waals surface area (Å²) in [6, 6.07) is 10.1. The van der Waals surface area contributed by atoms with E-state index in [1.165, 1.54) is 6.92 Å². The van der Waals surface area contributed by atoms with Gasteiger partial charge in [0, 0.05) is 5.56 Å². The first-order valence-electron chi connectivity index (χ1n) is 9.46. The minimum absolute atomic E-state index is 0.0420. The van der Waals surface area contributed by atoms with E-state index in [1.54, 1.807) is 37.3 Å². The molecule has 0 aliphatic heterocycles. The predicted octanol–water partition coefficient (Wildman–Crippen LogP) is 2.99. The summed E-state index contributed by atoms with van der Waals surface area (Å²) < 4.78 is 9.78. The topological polar surface area (TPSA) is 163 Å². The standard InChI is InChI=1S/C20H20N4O8/c1-3-31-18(25)11-13-10-15(17(24(29)30)12-16(13)23(27)28)19(20(26)32-4-2)22-21-14-8-6-5-7-9-14/h5-10,12,21H,3-4,11H2,1-2H3. The van der Waals surface area contributed by atoms with Crippen LogP contribution in [0.4, 0.5) is 17.1 Å². The predicted molar refractivity (Wildman–Crippen MR) is 113 cm³/mol. The molecule has 0 aromatic heterocycles. The molecule has 0 spiro atoms. The summed E-state index contributed by atoms with van der Waals surface area (Å²) in [5.41, 5.74) is 0.674. The summed E-state index contributed by atoms with van der Waals surface area (Å²) in [6.45, 7) is 3.10. The first-order valence-corrected chi connectivity index (χ1v) is 9.46. The van der Waals surface area contributed by atoms with Crippen molar-refractivity contribution in [1.29, 1.82) is 0 Å². The number of hydrogen-bond acceptors (Lipinski definition) is 10. The molecular weight excluding hydrogens is 424 g/mol. The van der Waals surface area contributed by atoms with Crippen molar-refractivity contribution in [2.75, 3.05) is 18.6 Å². The summed E-state index contributed by atoms with van der Waals surface area (Å²) in [5, 5.41) is 27.1. The lowest BCUT2D eigenvalue weighted by atomic mass is 10.0. The Bertz CT molecular complexity index is 1050. The van der Waals surface area contributed by atoms with Crippen molar-refractivity contribution in [3.8, 4) is 0 Å². The van der Waals surface area contributed by atoms with Gasteiger partial charge in [-0.2, -0.15) is 5.10 Å². The number of anilines is 1. The molecular formula is C20H20N4O8. The zero-order chi connectivity index (χ0) is 23.7. The maximum absolute atomic E-state index is 12.6. The number of nitro groups is 2. The SMILES string of the molecule is CCOC(=O)Cc1cc(C(=NNc2ccccc2)C(=O)OCC)c([N+](=O)[O-])cc1[N+](=O)[O-].